The Morgan fingerprint density at radius 3 is 2.44 bits per heavy atom. The maximum absolute atomic E-state index is 12.6. The zero-order valence-corrected chi connectivity index (χ0v) is 21.0. The first-order valence-corrected chi connectivity index (χ1v) is 13.0. The Bertz CT molecular complexity index is 1110. The van der Waals surface area contributed by atoms with Crippen LogP contribution in [0.4, 0.5) is 5.69 Å². The van der Waals surface area contributed by atoms with Crippen LogP contribution in [0.2, 0.25) is 5.02 Å². The SMILES string of the molecule is O=C(O)CC(C(=O)O)C1CNCCc2c1ccc(Cl)c2NCc1ccc(C(=O)CC2CCCC2)cc1. The Morgan fingerprint density at radius 2 is 1.78 bits per heavy atom. The van der Waals surface area contributed by atoms with Crippen LogP contribution in [0.15, 0.2) is 36.4 Å². The number of Topliss-reactive ketones (excluding diaryl/α,β-unsaturated/α-hetero) is 1. The van der Waals surface area contributed by atoms with Crippen molar-refractivity contribution in [2.45, 2.75) is 57.4 Å². The van der Waals surface area contributed by atoms with E-state index in [2.05, 4.69) is 10.6 Å². The molecule has 0 aromatic heterocycles. The number of nitrogens with one attached hydrogen (secondary N) is 2. The first-order chi connectivity index (χ1) is 17.3. The number of fused-ring (bicyclic) bond motifs is 1. The molecule has 2 aromatic carbocycles. The van der Waals surface area contributed by atoms with Gasteiger partial charge in [0.15, 0.2) is 5.78 Å². The number of carboxylic acids is 2. The van der Waals surface area contributed by atoms with E-state index in [1.54, 1.807) is 6.07 Å². The van der Waals surface area contributed by atoms with E-state index < -0.39 is 30.2 Å². The van der Waals surface area contributed by atoms with E-state index in [1.165, 1.54) is 12.8 Å². The Kier molecular flexibility index (Phi) is 8.64. The molecule has 7 nitrogen and oxygen atoms in total. The van der Waals surface area contributed by atoms with Crippen LogP contribution >= 0.6 is 11.6 Å². The number of hydrogen-bond acceptors (Lipinski definition) is 5. The molecular weight excluding hydrogens is 480 g/mol. The summed E-state index contributed by atoms with van der Waals surface area (Å²) in [7, 11) is 0. The van der Waals surface area contributed by atoms with Crippen LogP contribution in [-0.4, -0.2) is 41.0 Å². The fraction of sp³-hybridized carbons (Fsp3) is 0.464. The Balaban J connectivity index is 1.50. The number of carbonyl (C=O) groups excluding carboxylic acids is 1. The minimum Gasteiger partial charge on any atom is -0.481 e. The average molecular weight is 513 g/mol. The number of ketones is 1. The smallest absolute Gasteiger partial charge is 0.307 e. The van der Waals surface area contributed by atoms with Crippen LogP contribution in [0.3, 0.4) is 0 Å². The van der Waals surface area contributed by atoms with Crippen molar-refractivity contribution in [3.8, 4) is 0 Å². The Hall–Kier alpha value is -2.90. The van der Waals surface area contributed by atoms with Gasteiger partial charge in [-0.05, 0) is 41.6 Å². The minimum absolute atomic E-state index is 0.200. The van der Waals surface area contributed by atoms with Crippen molar-refractivity contribution in [2.75, 3.05) is 18.4 Å². The quantitative estimate of drug-likeness (QED) is 0.326. The monoisotopic (exact) mass is 512 g/mol. The van der Waals surface area contributed by atoms with Crippen molar-refractivity contribution >= 4 is 35.0 Å². The number of aliphatic carboxylic acids is 2. The zero-order chi connectivity index (χ0) is 25.7. The minimum atomic E-state index is -1.13. The molecule has 0 saturated heterocycles. The molecule has 1 fully saturated rings. The van der Waals surface area contributed by atoms with Crippen molar-refractivity contribution in [1.82, 2.24) is 5.32 Å². The summed E-state index contributed by atoms with van der Waals surface area (Å²) in [5.74, 6) is -3.07. The van der Waals surface area contributed by atoms with Gasteiger partial charge in [-0.15, -0.1) is 0 Å². The van der Waals surface area contributed by atoms with Crippen LogP contribution < -0.4 is 10.6 Å². The summed E-state index contributed by atoms with van der Waals surface area (Å²) in [6, 6.07) is 11.2. The van der Waals surface area contributed by atoms with Gasteiger partial charge in [0.2, 0.25) is 0 Å². The van der Waals surface area contributed by atoms with Crippen LogP contribution in [0.25, 0.3) is 0 Å². The summed E-state index contributed by atoms with van der Waals surface area (Å²) in [5, 5.41) is 26.2. The molecule has 1 heterocycles. The molecular formula is C28H33ClN2O5. The Morgan fingerprint density at radius 1 is 1.06 bits per heavy atom. The van der Waals surface area contributed by atoms with Crippen LogP contribution in [-0.2, 0) is 22.6 Å². The lowest BCUT2D eigenvalue weighted by molar-refractivity contribution is -0.149. The molecule has 0 spiro atoms. The molecule has 0 amide bonds. The lowest BCUT2D eigenvalue weighted by atomic mass is 9.81. The Labute approximate surface area is 216 Å². The molecule has 2 unspecified atom stereocenters. The maximum Gasteiger partial charge on any atom is 0.307 e. The van der Waals surface area contributed by atoms with Crippen molar-refractivity contribution in [1.29, 1.82) is 0 Å². The highest BCUT2D eigenvalue weighted by molar-refractivity contribution is 6.33. The molecule has 1 saturated carbocycles. The summed E-state index contributed by atoms with van der Waals surface area (Å²) in [5.41, 5.74) is 4.21. The first-order valence-electron chi connectivity index (χ1n) is 12.7. The molecule has 4 N–H and O–H groups in total. The van der Waals surface area contributed by atoms with Crippen LogP contribution in [0.5, 0.6) is 0 Å². The third-order valence-electron chi connectivity index (χ3n) is 7.51. The third-order valence-corrected chi connectivity index (χ3v) is 7.82. The van der Waals surface area contributed by atoms with Gasteiger partial charge >= 0.3 is 11.9 Å². The molecule has 0 bridgehead atoms. The highest BCUT2D eigenvalue weighted by atomic mass is 35.5. The predicted molar refractivity (Wildman–Crippen MR) is 139 cm³/mol. The van der Waals surface area contributed by atoms with Gasteiger partial charge in [0.25, 0.3) is 0 Å². The maximum atomic E-state index is 12.6. The second-order valence-corrected chi connectivity index (χ2v) is 10.3. The summed E-state index contributed by atoms with van der Waals surface area (Å²) in [4.78, 5) is 35.9. The standard InChI is InChI=1S/C28H33ClN2O5/c29-24-10-9-20-21(11-12-30-16-23(20)22(28(35)36)14-26(33)34)27(24)31-15-18-5-7-19(8-6-18)25(32)13-17-3-1-2-4-17/h5-10,17,22-23,30-31H,1-4,11-16H2,(H,33,34)(H,35,36). The van der Waals surface area contributed by atoms with Gasteiger partial charge in [0.1, 0.15) is 0 Å². The summed E-state index contributed by atoms with van der Waals surface area (Å²) < 4.78 is 0. The van der Waals surface area contributed by atoms with Gasteiger partial charge in [0, 0.05) is 31.0 Å². The van der Waals surface area contributed by atoms with E-state index in [0.29, 0.717) is 43.4 Å². The van der Waals surface area contributed by atoms with E-state index in [0.717, 1.165) is 40.8 Å². The molecule has 8 heteroatoms. The van der Waals surface area contributed by atoms with Crippen molar-refractivity contribution in [2.24, 2.45) is 11.8 Å². The summed E-state index contributed by atoms with van der Waals surface area (Å²) in [6.45, 7) is 1.51. The van der Waals surface area contributed by atoms with Crippen molar-refractivity contribution in [3.63, 3.8) is 0 Å². The second-order valence-electron chi connectivity index (χ2n) is 9.92. The molecule has 2 aromatic rings. The molecule has 1 aliphatic carbocycles. The lowest BCUT2D eigenvalue weighted by Crippen LogP contribution is -2.31. The van der Waals surface area contributed by atoms with E-state index in [1.807, 2.05) is 30.3 Å². The molecule has 1 aliphatic heterocycles. The number of halogens is 1. The first kappa shape index (κ1) is 26.2. The van der Waals surface area contributed by atoms with E-state index >= 15 is 0 Å². The number of carboxylic acid groups (broad SMARTS) is 2. The number of hydrogen-bond donors (Lipinski definition) is 4. The molecule has 36 heavy (non-hydrogen) atoms. The average Bonchev–Trinajstić information content (AvgIpc) is 3.27. The largest absolute Gasteiger partial charge is 0.481 e. The fourth-order valence-electron chi connectivity index (χ4n) is 5.57. The number of carbonyl (C=O) groups is 3. The zero-order valence-electron chi connectivity index (χ0n) is 20.3. The molecule has 4 rings (SSSR count). The van der Waals surface area contributed by atoms with E-state index in [4.69, 9.17) is 11.6 Å². The van der Waals surface area contributed by atoms with E-state index in [-0.39, 0.29) is 5.78 Å². The van der Waals surface area contributed by atoms with Crippen LogP contribution in [0.1, 0.15) is 71.5 Å². The van der Waals surface area contributed by atoms with Gasteiger partial charge in [-0.2, -0.15) is 0 Å². The highest BCUT2D eigenvalue weighted by Crippen LogP contribution is 2.38. The molecule has 2 aliphatic rings. The summed E-state index contributed by atoms with van der Waals surface area (Å²) >= 11 is 6.56. The summed E-state index contributed by atoms with van der Waals surface area (Å²) in [6.07, 6.45) is 5.56. The third kappa shape index (κ3) is 6.26. The normalized spacial score (nSPS) is 18.8. The van der Waals surface area contributed by atoms with Crippen LogP contribution in [0, 0.1) is 11.8 Å². The van der Waals surface area contributed by atoms with Gasteiger partial charge in [0.05, 0.1) is 23.0 Å². The molecule has 2 atom stereocenters. The fourth-order valence-corrected chi connectivity index (χ4v) is 5.81. The molecule has 0 radical (unpaired) electrons. The predicted octanol–water partition coefficient (Wildman–Crippen LogP) is 5.12. The number of benzene rings is 2. The lowest BCUT2D eigenvalue weighted by Gasteiger charge is -2.25. The highest BCUT2D eigenvalue weighted by Gasteiger charge is 2.34. The number of anilines is 1. The van der Waals surface area contributed by atoms with Crippen molar-refractivity contribution < 1.29 is 24.6 Å². The van der Waals surface area contributed by atoms with Gasteiger partial charge in [-0.25, -0.2) is 0 Å². The van der Waals surface area contributed by atoms with E-state index in [9.17, 15) is 24.6 Å². The van der Waals surface area contributed by atoms with Gasteiger partial charge in [-0.3, -0.25) is 14.4 Å². The topological polar surface area (TPSA) is 116 Å². The number of rotatable bonds is 10. The molecule has 192 valence electrons. The van der Waals surface area contributed by atoms with Gasteiger partial charge < -0.3 is 20.8 Å². The second kappa shape index (κ2) is 11.9. The van der Waals surface area contributed by atoms with Crippen molar-refractivity contribution in [3.05, 3.63) is 63.7 Å². The van der Waals surface area contributed by atoms with Gasteiger partial charge in [-0.1, -0.05) is 67.6 Å².